The standard InChI is InChI=1S/C23H46N6O13/c24-2-7-13(32)15(34)10(28)21(37-7)40-18-6(27)1-5(26)12(31)20(18)42-23-17(36)19(9(4-30)39-23)41-22-11(29)16(35)14(33)8(3-25)38-22/h5-23,30-36H,1-4,24-29H2/t5-,6-,7+,8+,9+,10-,11-,12-,13-,14-,15+,16+,17-,18-,19-,20+,21-,22-,23-/m1/s1. The Morgan fingerprint density at radius 1 is 0.524 bits per heavy atom. The normalized spacial score (nSPS) is 53.8. The van der Waals surface area contributed by atoms with E-state index in [1.54, 1.807) is 0 Å². The highest BCUT2D eigenvalue weighted by molar-refractivity contribution is 5.02. The van der Waals surface area contributed by atoms with Crippen LogP contribution in [-0.4, -0.2) is 172 Å². The van der Waals surface area contributed by atoms with Gasteiger partial charge >= 0.3 is 0 Å². The quantitative estimate of drug-likeness (QED) is 0.115. The van der Waals surface area contributed by atoms with Gasteiger partial charge in [-0.05, 0) is 6.42 Å². The Kier molecular flexibility index (Phi) is 11.5. The van der Waals surface area contributed by atoms with Crippen molar-refractivity contribution in [1.29, 1.82) is 0 Å². The third kappa shape index (κ3) is 6.60. The van der Waals surface area contributed by atoms with E-state index in [0.717, 1.165) is 0 Å². The van der Waals surface area contributed by atoms with Gasteiger partial charge in [-0.25, -0.2) is 0 Å². The van der Waals surface area contributed by atoms with Crippen LogP contribution < -0.4 is 34.4 Å². The lowest BCUT2D eigenvalue weighted by molar-refractivity contribution is -0.306. The summed E-state index contributed by atoms with van der Waals surface area (Å²) in [5.74, 6) is 0. The molecule has 0 aromatic heterocycles. The van der Waals surface area contributed by atoms with E-state index < -0.39 is 123 Å². The highest BCUT2D eigenvalue weighted by atomic mass is 16.8. The summed E-state index contributed by atoms with van der Waals surface area (Å²) in [5, 5.41) is 73.0. The molecule has 4 fully saturated rings. The van der Waals surface area contributed by atoms with Gasteiger partial charge in [-0.15, -0.1) is 0 Å². The minimum absolute atomic E-state index is 0.0889. The van der Waals surface area contributed by atoms with Crippen molar-refractivity contribution in [1.82, 2.24) is 0 Å². The van der Waals surface area contributed by atoms with Crippen molar-refractivity contribution < 1.29 is 64.2 Å². The third-order valence-corrected chi connectivity index (χ3v) is 8.37. The fraction of sp³-hybridized carbons (Fsp3) is 1.00. The van der Waals surface area contributed by atoms with E-state index in [2.05, 4.69) is 0 Å². The zero-order valence-corrected chi connectivity index (χ0v) is 22.8. The second-order valence-corrected chi connectivity index (χ2v) is 11.2. The Morgan fingerprint density at radius 3 is 1.45 bits per heavy atom. The Bertz CT molecular complexity index is 868. The van der Waals surface area contributed by atoms with Gasteiger partial charge < -0.3 is 98.6 Å². The molecule has 19 heteroatoms. The summed E-state index contributed by atoms with van der Waals surface area (Å²) in [6.07, 6.45) is -19.8. The van der Waals surface area contributed by atoms with Gasteiger partial charge in [0, 0.05) is 25.2 Å². The van der Waals surface area contributed by atoms with Crippen LogP contribution in [0.2, 0.25) is 0 Å². The molecule has 19 nitrogen and oxygen atoms in total. The molecule has 246 valence electrons. The number of nitrogens with two attached hydrogens (primary N) is 6. The van der Waals surface area contributed by atoms with Crippen molar-refractivity contribution in [2.75, 3.05) is 19.7 Å². The number of hydrogen-bond donors (Lipinski definition) is 13. The lowest BCUT2D eigenvalue weighted by Gasteiger charge is -2.47. The minimum Gasteiger partial charge on any atom is -0.394 e. The van der Waals surface area contributed by atoms with E-state index in [0.29, 0.717) is 0 Å². The number of ether oxygens (including phenoxy) is 6. The molecule has 0 amide bonds. The molecule has 0 aromatic carbocycles. The second-order valence-electron chi connectivity index (χ2n) is 11.2. The van der Waals surface area contributed by atoms with Crippen LogP contribution in [0.25, 0.3) is 0 Å². The first-order valence-corrected chi connectivity index (χ1v) is 13.9. The molecule has 0 aromatic rings. The van der Waals surface area contributed by atoms with E-state index >= 15 is 0 Å². The number of aliphatic hydroxyl groups is 7. The summed E-state index contributed by atoms with van der Waals surface area (Å²) < 4.78 is 34.6. The number of rotatable bonds is 9. The lowest BCUT2D eigenvalue weighted by atomic mass is 9.84. The maximum absolute atomic E-state index is 11.1. The summed E-state index contributed by atoms with van der Waals surface area (Å²) in [6, 6.07) is -4.18. The molecule has 1 saturated carbocycles. The van der Waals surface area contributed by atoms with E-state index in [-0.39, 0.29) is 19.5 Å². The van der Waals surface area contributed by atoms with Crippen molar-refractivity contribution in [2.24, 2.45) is 34.4 Å². The monoisotopic (exact) mass is 614 g/mol. The summed E-state index contributed by atoms with van der Waals surface area (Å²) >= 11 is 0. The Hall–Kier alpha value is -0.760. The molecule has 0 radical (unpaired) electrons. The van der Waals surface area contributed by atoms with Crippen LogP contribution in [0.15, 0.2) is 0 Å². The minimum atomic E-state index is -1.60. The SMILES string of the molecule is NC[C@@H]1O[C@H](O[C@H]2[C@@H](O[C@H]3O[C@@H](CO)[C@@H](O[C@H]4O[C@@H](CN)[C@@H](O)[C@@H](O)[C@H]4N)[C@H]3O)[C@H](O)[C@H](N)C[C@H]2N)[C@H](N)[C@H](O)[C@@H]1O. The fourth-order valence-corrected chi connectivity index (χ4v) is 5.74. The molecule has 4 aliphatic rings. The van der Waals surface area contributed by atoms with Crippen LogP contribution in [0.1, 0.15) is 6.42 Å². The fourth-order valence-electron chi connectivity index (χ4n) is 5.74. The van der Waals surface area contributed by atoms with Crippen LogP contribution in [0, 0.1) is 0 Å². The van der Waals surface area contributed by atoms with Crippen molar-refractivity contribution in [3.05, 3.63) is 0 Å². The van der Waals surface area contributed by atoms with Crippen molar-refractivity contribution in [2.45, 2.75) is 123 Å². The first-order chi connectivity index (χ1) is 19.8. The van der Waals surface area contributed by atoms with Crippen molar-refractivity contribution in [3.63, 3.8) is 0 Å². The molecule has 3 saturated heterocycles. The molecule has 0 spiro atoms. The molecule has 1 aliphatic carbocycles. The first kappa shape index (κ1) is 34.1. The maximum Gasteiger partial charge on any atom is 0.187 e. The van der Waals surface area contributed by atoms with Gasteiger partial charge in [0.25, 0.3) is 0 Å². The summed E-state index contributed by atoms with van der Waals surface area (Å²) in [6.45, 7) is -0.967. The lowest BCUT2D eigenvalue weighted by Crippen LogP contribution is -2.68. The van der Waals surface area contributed by atoms with Gasteiger partial charge in [-0.3, -0.25) is 0 Å². The Morgan fingerprint density at radius 2 is 0.976 bits per heavy atom. The average molecular weight is 615 g/mol. The predicted molar refractivity (Wildman–Crippen MR) is 138 cm³/mol. The van der Waals surface area contributed by atoms with Gasteiger partial charge in [-0.2, -0.15) is 0 Å². The molecule has 3 heterocycles. The van der Waals surface area contributed by atoms with Gasteiger partial charge in [-0.1, -0.05) is 0 Å². The van der Waals surface area contributed by atoms with Crippen molar-refractivity contribution in [3.8, 4) is 0 Å². The van der Waals surface area contributed by atoms with Crippen LogP contribution in [0.5, 0.6) is 0 Å². The Labute approximate surface area is 241 Å². The van der Waals surface area contributed by atoms with Gasteiger partial charge in [0.1, 0.15) is 67.1 Å². The molecule has 0 unspecified atom stereocenters. The summed E-state index contributed by atoms with van der Waals surface area (Å²) in [5.41, 5.74) is 35.6. The highest BCUT2D eigenvalue weighted by Gasteiger charge is 2.54. The first-order valence-electron chi connectivity index (χ1n) is 13.9. The molecular weight excluding hydrogens is 568 g/mol. The highest BCUT2D eigenvalue weighted by Crippen LogP contribution is 2.34. The van der Waals surface area contributed by atoms with E-state index in [1.165, 1.54) is 0 Å². The van der Waals surface area contributed by atoms with Gasteiger partial charge in [0.05, 0.1) is 24.8 Å². The maximum atomic E-state index is 11.1. The summed E-state index contributed by atoms with van der Waals surface area (Å²) in [4.78, 5) is 0. The van der Waals surface area contributed by atoms with Gasteiger partial charge in [0.15, 0.2) is 18.9 Å². The Balaban J connectivity index is 1.50. The third-order valence-electron chi connectivity index (χ3n) is 8.37. The smallest absolute Gasteiger partial charge is 0.187 e. The van der Waals surface area contributed by atoms with Crippen LogP contribution in [0.4, 0.5) is 0 Å². The zero-order valence-electron chi connectivity index (χ0n) is 22.8. The van der Waals surface area contributed by atoms with Crippen LogP contribution >= 0.6 is 0 Å². The molecule has 3 aliphatic heterocycles. The summed E-state index contributed by atoms with van der Waals surface area (Å²) in [7, 11) is 0. The zero-order chi connectivity index (χ0) is 31.0. The molecular formula is C23H46N6O13. The molecule has 4 rings (SSSR count). The molecule has 19 atom stereocenters. The number of hydrogen-bond acceptors (Lipinski definition) is 19. The second kappa shape index (κ2) is 14.1. The van der Waals surface area contributed by atoms with Crippen LogP contribution in [-0.2, 0) is 28.4 Å². The topological polar surface area (TPSA) is 353 Å². The predicted octanol–water partition coefficient (Wildman–Crippen LogP) is -8.90. The van der Waals surface area contributed by atoms with E-state index in [4.69, 9.17) is 62.8 Å². The average Bonchev–Trinajstić information content (AvgIpc) is 3.27. The largest absolute Gasteiger partial charge is 0.394 e. The molecule has 19 N–H and O–H groups in total. The van der Waals surface area contributed by atoms with Crippen molar-refractivity contribution >= 4 is 0 Å². The number of aliphatic hydroxyl groups excluding tert-OH is 7. The van der Waals surface area contributed by atoms with Crippen LogP contribution in [0.3, 0.4) is 0 Å². The molecule has 0 bridgehead atoms. The van der Waals surface area contributed by atoms with E-state index in [9.17, 15) is 35.7 Å². The van der Waals surface area contributed by atoms with E-state index in [1.807, 2.05) is 0 Å². The molecule has 42 heavy (non-hydrogen) atoms. The van der Waals surface area contributed by atoms with Gasteiger partial charge in [0.2, 0.25) is 0 Å².